The quantitative estimate of drug-likeness (QED) is 0.825. The highest BCUT2D eigenvalue weighted by atomic mass is 16.1. The number of pyridine rings is 1. The average Bonchev–Trinajstić information content (AvgIpc) is 2.42. The molecule has 0 fully saturated rings. The van der Waals surface area contributed by atoms with E-state index in [4.69, 9.17) is 0 Å². The third-order valence-electron chi connectivity index (χ3n) is 3.63. The van der Waals surface area contributed by atoms with Gasteiger partial charge in [0.25, 0.3) is 0 Å². The number of hydrogen-bond acceptors (Lipinski definition) is 2. The number of carbonyl (C=O) groups is 1. The Kier molecular flexibility index (Phi) is 4.67. The van der Waals surface area contributed by atoms with Crippen LogP contribution in [0.2, 0.25) is 0 Å². The van der Waals surface area contributed by atoms with Gasteiger partial charge in [-0.1, -0.05) is 23.8 Å². The highest BCUT2D eigenvalue weighted by Crippen LogP contribution is 2.18. The van der Waals surface area contributed by atoms with E-state index < -0.39 is 0 Å². The van der Waals surface area contributed by atoms with Crippen LogP contribution < -0.4 is 0 Å². The lowest BCUT2D eigenvalue weighted by atomic mass is 9.94. The Morgan fingerprint density at radius 2 is 1.85 bits per heavy atom. The highest BCUT2D eigenvalue weighted by molar-refractivity contribution is 5.81. The van der Waals surface area contributed by atoms with Gasteiger partial charge in [0.1, 0.15) is 5.78 Å². The van der Waals surface area contributed by atoms with Gasteiger partial charge in [-0.2, -0.15) is 0 Å². The van der Waals surface area contributed by atoms with Crippen LogP contribution in [0, 0.1) is 20.8 Å². The van der Waals surface area contributed by atoms with Gasteiger partial charge in [-0.3, -0.25) is 9.78 Å². The summed E-state index contributed by atoms with van der Waals surface area (Å²) in [5.41, 5.74) is 6.01. The molecule has 2 heteroatoms. The molecule has 0 saturated heterocycles. The molecule has 1 aromatic carbocycles. The van der Waals surface area contributed by atoms with Crippen molar-refractivity contribution in [1.29, 1.82) is 0 Å². The third-order valence-corrected chi connectivity index (χ3v) is 3.63. The second-order valence-electron chi connectivity index (χ2n) is 5.45. The van der Waals surface area contributed by atoms with E-state index in [0.717, 1.165) is 12.0 Å². The van der Waals surface area contributed by atoms with Crippen LogP contribution in [0.25, 0.3) is 0 Å². The number of rotatable bonds is 5. The minimum absolute atomic E-state index is 0.295. The number of ketones is 1. The molecule has 20 heavy (non-hydrogen) atoms. The normalized spacial score (nSPS) is 10.6. The van der Waals surface area contributed by atoms with Gasteiger partial charge < -0.3 is 0 Å². The Morgan fingerprint density at radius 1 is 1.15 bits per heavy atom. The fourth-order valence-electron chi connectivity index (χ4n) is 2.60. The summed E-state index contributed by atoms with van der Waals surface area (Å²) in [5.74, 6) is 0.295. The molecule has 0 bridgehead atoms. The molecule has 1 heterocycles. The number of aromatic nitrogens is 1. The Hall–Kier alpha value is -1.96. The maximum atomic E-state index is 12.2. The highest BCUT2D eigenvalue weighted by Gasteiger charge is 2.09. The molecule has 0 aliphatic carbocycles. The molecule has 0 saturated carbocycles. The number of carbonyl (C=O) groups excluding carboxylic acids is 1. The Morgan fingerprint density at radius 3 is 2.45 bits per heavy atom. The number of Topliss-reactive ketones (excluding diaryl/α,β-unsaturated/α-hetero) is 1. The molecule has 0 N–H and O–H groups in total. The monoisotopic (exact) mass is 267 g/mol. The number of benzene rings is 1. The molecule has 0 amide bonds. The van der Waals surface area contributed by atoms with E-state index in [2.05, 4.69) is 37.9 Å². The third kappa shape index (κ3) is 3.77. The molecule has 0 atom stereocenters. The molecule has 2 rings (SSSR count). The first-order valence-electron chi connectivity index (χ1n) is 7.03. The zero-order valence-electron chi connectivity index (χ0n) is 12.4. The lowest BCUT2D eigenvalue weighted by Gasteiger charge is -2.10. The van der Waals surface area contributed by atoms with Crippen LogP contribution in [0.1, 0.15) is 34.2 Å². The number of nitrogens with zero attached hydrogens (tertiary/aromatic N) is 1. The van der Waals surface area contributed by atoms with Crippen molar-refractivity contribution in [3.63, 3.8) is 0 Å². The summed E-state index contributed by atoms with van der Waals surface area (Å²) in [6.45, 7) is 6.27. The van der Waals surface area contributed by atoms with E-state index in [1.165, 1.54) is 22.3 Å². The minimum atomic E-state index is 0.295. The van der Waals surface area contributed by atoms with Crippen LogP contribution in [0.15, 0.2) is 36.7 Å². The minimum Gasteiger partial charge on any atom is -0.299 e. The van der Waals surface area contributed by atoms with Crippen molar-refractivity contribution in [2.75, 3.05) is 0 Å². The van der Waals surface area contributed by atoms with Crippen molar-refractivity contribution in [2.24, 2.45) is 0 Å². The van der Waals surface area contributed by atoms with Crippen molar-refractivity contribution in [3.8, 4) is 0 Å². The van der Waals surface area contributed by atoms with Gasteiger partial charge >= 0.3 is 0 Å². The Labute approximate surface area is 120 Å². The van der Waals surface area contributed by atoms with E-state index in [0.29, 0.717) is 18.6 Å². The largest absolute Gasteiger partial charge is 0.299 e. The van der Waals surface area contributed by atoms with Crippen LogP contribution in [0.5, 0.6) is 0 Å². The topological polar surface area (TPSA) is 30.0 Å². The Balaban J connectivity index is 1.98. The molecule has 0 spiro atoms. The zero-order valence-corrected chi connectivity index (χ0v) is 12.4. The standard InChI is InChI=1S/C18H21NO/c1-13-9-14(2)18(15(3)10-13)11-17(20)7-6-16-5-4-8-19-12-16/h4-5,8-10,12H,6-7,11H2,1-3H3. The van der Waals surface area contributed by atoms with E-state index >= 15 is 0 Å². The SMILES string of the molecule is Cc1cc(C)c(CC(=O)CCc2cccnc2)c(C)c1. The fourth-order valence-corrected chi connectivity index (χ4v) is 2.60. The van der Waals surface area contributed by atoms with Crippen LogP contribution in [0.3, 0.4) is 0 Å². The van der Waals surface area contributed by atoms with Crippen LogP contribution >= 0.6 is 0 Å². The predicted octanol–water partition coefficient (Wildman–Crippen LogP) is 3.75. The summed E-state index contributed by atoms with van der Waals surface area (Å²) in [4.78, 5) is 16.2. The predicted molar refractivity (Wildman–Crippen MR) is 81.9 cm³/mol. The summed E-state index contributed by atoms with van der Waals surface area (Å²) in [6, 6.07) is 8.23. The number of hydrogen-bond donors (Lipinski definition) is 0. The van der Waals surface area contributed by atoms with E-state index in [1.807, 2.05) is 18.3 Å². The first kappa shape index (κ1) is 14.4. The van der Waals surface area contributed by atoms with Gasteiger partial charge in [-0.25, -0.2) is 0 Å². The summed E-state index contributed by atoms with van der Waals surface area (Å²) in [7, 11) is 0. The van der Waals surface area contributed by atoms with Crippen molar-refractivity contribution in [1.82, 2.24) is 4.98 Å². The lowest BCUT2D eigenvalue weighted by Crippen LogP contribution is -2.07. The van der Waals surface area contributed by atoms with Gasteiger partial charge in [0.15, 0.2) is 0 Å². The van der Waals surface area contributed by atoms with Crippen molar-refractivity contribution >= 4 is 5.78 Å². The van der Waals surface area contributed by atoms with Crippen LogP contribution in [-0.4, -0.2) is 10.8 Å². The molecule has 0 aliphatic rings. The molecular formula is C18H21NO. The zero-order chi connectivity index (χ0) is 14.5. The second-order valence-corrected chi connectivity index (χ2v) is 5.45. The smallest absolute Gasteiger partial charge is 0.137 e. The summed E-state index contributed by atoms with van der Waals surface area (Å²) in [6.07, 6.45) is 5.48. The van der Waals surface area contributed by atoms with Crippen molar-refractivity contribution in [2.45, 2.75) is 40.0 Å². The molecule has 0 radical (unpaired) electrons. The average molecular weight is 267 g/mol. The molecule has 0 aliphatic heterocycles. The van der Waals surface area contributed by atoms with Gasteiger partial charge in [-0.15, -0.1) is 0 Å². The fraction of sp³-hybridized carbons (Fsp3) is 0.333. The van der Waals surface area contributed by atoms with Gasteiger partial charge in [0.2, 0.25) is 0 Å². The lowest BCUT2D eigenvalue weighted by molar-refractivity contribution is -0.118. The first-order chi connectivity index (χ1) is 9.56. The molecule has 1 aromatic heterocycles. The maximum Gasteiger partial charge on any atom is 0.137 e. The molecule has 0 unspecified atom stereocenters. The van der Waals surface area contributed by atoms with Gasteiger partial charge in [0.05, 0.1) is 0 Å². The summed E-state index contributed by atoms with van der Waals surface area (Å²) in [5, 5.41) is 0. The summed E-state index contributed by atoms with van der Waals surface area (Å²) >= 11 is 0. The van der Waals surface area contributed by atoms with Gasteiger partial charge in [0, 0.05) is 25.2 Å². The first-order valence-corrected chi connectivity index (χ1v) is 7.03. The van der Waals surface area contributed by atoms with Crippen LogP contribution in [-0.2, 0) is 17.6 Å². The number of aryl methyl sites for hydroxylation is 4. The molecule has 2 aromatic rings. The van der Waals surface area contributed by atoms with E-state index in [9.17, 15) is 4.79 Å². The van der Waals surface area contributed by atoms with Crippen molar-refractivity contribution < 1.29 is 4.79 Å². The molecule has 104 valence electrons. The summed E-state index contributed by atoms with van der Waals surface area (Å²) < 4.78 is 0. The molecule has 2 nitrogen and oxygen atoms in total. The maximum absolute atomic E-state index is 12.2. The van der Waals surface area contributed by atoms with E-state index in [1.54, 1.807) is 6.20 Å². The molecular weight excluding hydrogens is 246 g/mol. The second kappa shape index (κ2) is 6.47. The van der Waals surface area contributed by atoms with Gasteiger partial charge in [-0.05, 0) is 55.5 Å². The van der Waals surface area contributed by atoms with E-state index in [-0.39, 0.29) is 0 Å². The van der Waals surface area contributed by atoms with Crippen LogP contribution in [0.4, 0.5) is 0 Å². The van der Waals surface area contributed by atoms with Crippen molar-refractivity contribution in [3.05, 3.63) is 64.5 Å². The Bertz CT molecular complexity index is 579.